The van der Waals surface area contributed by atoms with Gasteiger partial charge in [-0.3, -0.25) is 0 Å². The second kappa shape index (κ2) is 12.6. The van der Waals surface area contributed by atoms with Crippen LogP contribution < -0.4 is 4.90 Å². The Morgan fingerprint density at radius 1 is 0.714 bits per heavy atom. The lowest BCUT2D eigenvalue weighted by molar-refractivity contribution is 0.337. The van der Waals surface area contributed by atoms with Crippen LogP contribution in [0.4, 0.5) is 17.1 Å². The molecule has 7 N–H and O–H groups in total. The number of aryl methyl sites for hydroxylation is 1. The highest BCUT2D eigenvalue weighted by Crippen LogP contribution is 2.59. The van der Waals surface area contributed by atoms with E-state index in [2.05, 4.69) is 26.0 Å². The molecule has 49 heavy (non-hydrogen) atoms. The molecule has 4 aromatic carbocycles. The topological polar surface area (TPSA) is 145 Å². The molecule has 0 aliphatic heterocycles. The molecule has 248 valence electrons. The van der Waals surface area contributed by atoms with Gasteiger partial charge >= 0.3 is 0 Å². The molecule has 0 spiro atoms. The highest BCUT2D eigenvalue weighted by atomic mass is 16.3. The standard InChI is InChI=1S/C39H39B2NO7/c1-18(2)28-19(3)11-10-14-27(28)42(22-15-16-24-23-12-8-9-13-25(23)39(6,7)26(24)17-22)32-37(48)35(46)29(36(47)38(32)49)20(4)33(44)30(40)31(41)34(45)21(5)43/h8-18,43-49H,1-7H3/b31-30-,33-20-,34-21-. The van der Waals surface area contributed by atoms with Gasteiger partial charge in [-0.15, -0.1) is 0 Å². The Hall–Kier alpha value is -5.37. The molecule has 0 saturated heterocycles. The molecular formula is C39H39B2NO7. The maximum atomic E-state index is 11.7. The van der Waals surface area contributed by atoms with Crippen molar-refractivity contribution in [1.82, 2.24) is 0 Å². The molecule has 0 atom stereocenters. The minimum atomic E-state index is -0.864. The summed E-state index contributed by atoms with van der Waals surface area (Å²) in [7, 11) is 11.8. The van der Waals surface area contributed by atoms with Gasteiger partial charge in [0.15, 0.2) is 23.0 Å². The van der Waals surface area contributed by atoms with E-state index in [1.54, 1.807) is 4.90 Å². The van der Waals surface area contributed by atoms with Gasteiger partial charge in [-0.25, -0.2) is 0 Å². The molecule has 5 rings (SSSR count). The maximum Gasteiger partial charge on any atom is 0.186 e. The molecule has 0 bridgehead atoms. The summed E-state index contributed by atoms with van der Waals surface area (Å²) in [5.41, 5.74) is 4.65. The summed E-state index contributed by atoms with van der Waals surface area (Å²) in [6.07, 6.45) is 0. The third kappa shape index (κ3) is 5.55. The zero-order valence-corrected chi connectivity index (χ0v) is 28.6. The van der Waals surface area contributed by atoms with Crippen molar-refractivity contribution in [2.45, 2.75) is 59.8 Å². The minimum Gasteiger partial charge on any atom is -0.509 e. The Bertz CT molecular complexity index is 2080. The molecule has 0 heterocycles. The van der Waals surface area contributed by atoms with E-state index in [1.807, 2.05) is 69.3 Å². The van der Waals surface area contributed by atoms with Gasteiger partial charge < -0.3 is 40.6 Å². The monoisotopic (exact) mass is 655 g/mol. The van der Waals surface area contributed by atoms with Gasteiger partial charge in [0.05, 0.1) is 11.3 Å². The number of phenolic OH excluding ortho intramolecular Hbond substituents is 4. The van der Waals surface area contributed by atoms with Crippen LogP contribution in [0.2, 0.25) is 0 Å². The average molecular weight is 655 g/mol. The summed E-state index contributed by atoms with van der Waals surface area (Å²) in [6, 6.07) is 19.6. The van der Waals surface area contributed by atoms with Crippen LogP contribution in [0.1, 0.15) is 75.3 Å². The smallest absolute Gasteiger partial charge is 0.186 e. The lowest BCUT2D eigenvalue weighted by Gasteiger charge is -2.32. The number of nitrogens with zero attached hydrogens (tertiary/aromatic N) is 1. The Morgan fingerprint density at radius 2 is 1.29 bits per heavy atom. The normalized spacial score (nSPS) is 14.9. The van der Waals surface area contributed by atoms with E-state index in [4.69, 9.17) is 15.7 Å². The number of aliphatic hydroxyl groups excluding tert-OH is 3. The SMILES string of the molecule is [B]C(=C([B])/C(O)=C(\C)c1c(O)c(O)c(N(c2ccc3c(c2)C(C)(C)c2ccccc2-3)c2cccc(C)c2C(C)C)c(O)c1O)/C(O)=C(\C)O. The molecule has 0 amide bonds. The van der Waals surface area contributed by atoms with E-state index in [0.717, 1.165) is 40.3 Å². The van der Waals surface area contributed by atoms with E-state index >= 15 is 0 Å². The van der Waals surface area contributed by atoms with Crippen LogP contribution in [-0.4, -0.2) is 51.4 Å². The van der Waals surface area contributed by atoms with Crippen LogP contribution in [0, 0.1) is 6.92 Å². The highest BCUT2D eigenvalue weighted by molar-refractivity contribution is 6.35. The summed E-state index contributed by atoms with van der Waals surface area (Å²) in [5.74, 6) is -5.46. The van der Waals surface area contributed by atoms with Crippen molar-refractivity contribution in [3.05, 3.63) is 117 Å². The first-order valence-electron chi connectivity index (χ1n) is 15.8. The minimum absolute atomic E-state index is 0.00468. The number of aliphatic hydroxyl groups is 3. The van der Waals surface area contributed by atoms with Gasteiger partial charge in [-0.2, -0.15) is 0 Å². The second-order valence-electron chi connectivity index (χ2n) is 13.3. The van der Waals surface area contributed by atoms with Crippen LogP contribution in [0.15, 0.2) is 88.9 Å². The number of fused-ring (bicyclic) bond motifs is 3. The van der Waals surface area contributed by atoms with Crippen LogP contribution in [0.3, 0.4) is 0 Å². The number of phenols is 4. The molecule has 1 aliphatic rings. The predicted molar refractivity (Wildman–Crippen MR) is 196 cm³/mol. The first-order chi connectivity index (χ1) is 22.9. The molecule has 1 aliphatic carbocycles. The van der Waals surface area contributed by atoms with Crippen LogP contribution in [-0.2, 0) is 5.41 Å². The average Bonchev–Trinajstić information content (AvgIpc) is 3.29. The number of anilines is 3. The number of allylic oxidation sites excluding steroid dienone is 4. The third-order valence-corrected chi connectivity index (χ3v) is 9.41. The predicted octanol–water partition coefficient (Wildman–Crippen LogP) is 8.90. The quantitative estimate of drug-likeness (QED) is 0.0344. The Labute approximate surface area is 289 Å². The molecular weight excluding hydrogens is 616 g/mol. The van der Waals surface area contributed by atoms with Gasteiger partial charge in [-0.1, -0.05) is 81.1 Å². The Kier molecular flexibility index (Phi) is 8.97. The van der Waals surface area contributed by atoms with E-state index in [0.29, 0.717) is 11.4 Å². The van der Waals surface area contributed by atoms with Gasteiger partial charge in [-0.05, 0) is 78.3 Å². The fraction of sp³-hybridized carbons (Fsp3) is 0.231. The number of hydrogen-bond donors (Lipinski definition) is 7. The van der Waals surface area contributed by atoms with Gasteiger partial charge in [0.25, 0.3) is 0 Å². The van der Waals surface area contributed by atoms with Crippen molar-refractivity contribution >= 4 is 38.3 Å². The zero-order chi connectivity index (χ0) is 36.3. The van der Waals surface area contributed by atoms with Crippen molar-refractivity contribution in [3.63, 3.8) is 0 Å². The van der Waals surface area contributed by atoms with Crippen LogP contribution >= 0.6 is 0 Å². The van der Waals surface area contributed by atoms with Crippen molar-refractivity contribution in [1.29, 1.82) is 0 Å². The van der Waals surface area contributed by atoms with E-state index < -0.39 is 56.8 Å². The summed E-state index contributed by atoms with van der Waals surface area (Å²) in [5, 5.41) is 77.0. The fourth-order valence-electron chi connectivity index (χ4n) is 6.85. The molecule has 0 unspecified atom stereocenters. The first kappa shape index (κ1) is 35.0. The van der Waals surface area contributed by atoms with Crippen molar-refractivity contribution in [2.24, 2.45) is 0 Å². The third-order valence-electron chi connectivity index (χ3n) is 9.41. The molecule has 0 saturated carbocycles. The van der Waals surface area contributed by atoms with Gasteiger partial charge in [0.1, 0.15) is 38.7 Å². The van der Waals surface area contributed by atoms with Crippen LogP contribution in [0.5, 0.6) is 23.0 Å². The van der Waals surface area contributed by atoms with Gasteiger partial charge in [0, 0.05) is 16.7 Å². The van der Waals surface area contributed by atoms with E-state index in [9.17, 15) is 35.7 Å². The first-order valence-corrected chi connectivity index (χ1v) is 15.8. The molecule has 10 heteroatoms. The summed E-state index contributed by atoms with van der Waals surface area (Å²) >= 11 is 0. The Morgan fingerprint density at radius 3 is 1.88 bits per heavy atom. The molecule has 8 nitrogen and oxygen atoms in total. The van der Waals surface area contributed by atoms with Crippen molar-refractivity contribution in [2.75, 3.05) is 4.90 Å². The number of rotatable bonds is 7. The summed E-state index contributed by atoms with van der Waals surface area (Å²) in [6.45, 7) is 12.7. The van der Waals surface area contributed by atoms with Crippen LogP contribution in [0.25, 0.3) is 16.7 Å². The largest absolute Gasteiger partial charge is 0.509 e. The number of aromatic hydroxyl groups is 4. The van der Waals surface area contributed by atoms with E-state index in [-0.39, 0.29) is 22.6 Å². The summed E-state index contributed by atoms with van der Waals surface area (Å²) in [4.78, 5) is 1.60. The summed E-state index contributed by atoms with van der Waals surface area (Å²) < 4.78 is 0. The highest BCUT2D eigenvalue weighted by Gasteiger charge is 2.37. The Balaban J connectivity index is 1.82. The van der Waals surface area contributed by atoms with Crippen molar-refractivity contribution in [3.8, 4) is 34.1 Å². The van der Waals surface area contributed by atoms with Gasteiger partial charge in [0.2, 0.25) is 0 Å². The van der Waals surface area contributed by atoms with E-state index in [1.165, 1.54) is 6.92 Å². The second-order valence-corrected chi connectivity index (χ2v) is 13.3. The molecule has 4 aromatic rings. The molecule has 4 radical (unpaired) electrons. The number of benzene rings is 4. The molecule has 0 fully saturated rings. The number of hydrogen-bond acceptors (Lipinski definition) is 8. The van der Waals surface area contributed by atoms with Crippen molar-refractivity contribution < 1.29 is 35.7 Å². The molecule has 0 aromatic heterocycles. The fourth-order valence-corrected chi connectivity index (χ4v) is 6.85. The lowest BCUT2D eigenvalue weighted by Crippen LogP contribution is -2.18. The zero-order valence-electron chi connectivity index (χ0n) is 28.6. The maximum absolute atomic E-state index is 11.7. The lowest BCUT2D eigenvalue weighted by atomic mass is 9.76.